The molecule has 0 amide bonds. The molecule has 1 saturated heterocycles. The summed E-state index contributed by atoms with van der Waals surface area (Å²) in [4.78, 5) is 6.76. The largest absolute Gasteiger partial charge is 0.370 e. The number of aryl methyl sites for hydroxylation is 1. The van der Waals surface area contributed by atoms with Crippen molar-refractivity contribution in [2.24, 2.45) is 10.7 Å². The van der Waals surface area contributed by atoms with Gasteiger partial charge in [0.15, 0.2) is 11.1 Å². The van der Waals surface area contributed by atoms with Gasteiger partial charge in [0.1, 0.15) is 5.82 Å². The van der Waals surface area contributed by atoms with Crippen LogP contribution >= 0.6 is 47.5 Å². The molecule has 2 aliphatic rings. The minimum absolute atomic E-state index is 0. The Morgan fingerprint density at radius 1 is 1.28 bits per heavy atom. The molecular weight excluding hydrogens is 467 g/mol. The van der Waals surface area contributed by atoms with E-state index in [1.54, 1.807) is 11.8 Å². The van der Waals surface area contributed by atoms with Gasteiger partial charge in [0.2, 0.25) is 0 Å². The Morgan fingerprint density at radius 3 is 2.68 bits per heavy atom. The van der Waals surface area contributed by atoms with E-state index in [1.165, 1.54) is 25.7 Å². The van der Waals surface area contributed by atoms with Crippen LogP contribution in [0.15, 0.2) is 10.1 Å². The molecule has 0 radical (unpaired) electrons. The van der Waals surface area contributed by atoms with Crippen LogP contribution in [0.1, 0.15) is 44.0 Å². The molecule has 25 heavy (non-hydrogen) atoms. The van der Waals surface area contributed by atoms with Gasteiger partial charge in [-0.2, -0.15) is 11.8 Å². The van der Waals surface area contributed by atoms with Crippen LogP contribution in [-0.4, -0.2) is 63.0 Å². The van der Waals surface area contributed by atoms with Crippen LogP contribution in [-0.2, 0) is 6.42 Å². The third-order valence-corrected chi connectivity index (χ3v) is 6.36. The van der Waals surface area contributed by atoms with E-state index in [0.29, 0.717) is 12.0 Å². The van der Waals surface area contributed by atoms with Gasteiger partial charge in [0.05, 0.1) is 0 Å². The highest BCUT2D eigenvalue weighted by Gasteiger charge is 2.23. The summed E-state index contributed by atoms with van der Waals surface area (Å²) in [6.07, 6.45) is 9.16. The topological polar surface area (TPSA) is 72.3 Å². The standard InChI is InChI=1S/C16H28N6S2.HI/c1-23-16-20-19-14(22(16)13-5-2-3-6-13)7-4-8-18-15(17)21-9-11-24-12-10-21;/h13H,2-12H2,1H3,(H2,17,18);1H. The zero-order valence-electron chi connectivity index (χ0n) is 14.9. The highest BCUT2D eigenvalue weighted by atomic mass is 127. The van der Waals surface area contributed by atoms with Gasteiger partial charge in [-0.05, 0) is 25.5 Å². The molecule has 142 valence electrons. The van der Waals surface area contributed by atoms with Crippen LogP contribution in [0.3, 0.4) is 0 Å². The van der Waals surface area contributed by atoms with Crippen molar-refractivity contribution in [3.05, 3.63) is 5.82 Å². The first-order valence-electron chi connectivity index (χ1n) is 8.90. The third-order valence-electron chi connectivity index (χ3n) is 4.77. The Kier molecular flexibility index (Phi) is 9.18. The number of guanidine groups is 1. The second-order valence-corrected chi connectivity index (χ2v) is 8.35. The van der Waals surface area contributed by atoms with E-state index in [0.717, 1.165) is 55.0 Å². The summed E-state index contributed by atoms with van der Waals surface area (Å²) in [5.74, 6) is 4.13. The molecular formula is C16H29IN6S2. The van der Waals surface area contributed by atoms with E-state index in [1.807, 2.05) is 11.8 Å². The minimum Gasteiger partial charge on any atom is -0.370 e. The van der Waals surface area contributed by atoms with Gasteiger partial charge in [-0.3, -0.25) is 4.99 Å². The van der Waals surface area contributed by atoms with Gasteiger partial charge >= 0.3 is 0 Å². The summed E-state index contributed by atoms with van der Waals surface area (Å²) in [5, 5.41) is 9.87. The van der Waals surface area contributed by atoms with Gasteiger partial charge in [-0.25, -0.2) is 0 Å². The smallest absolute Gasteiger partial charge is 0.191 e. The Balaban J connectivity index is 0.00000225. The molecule has 1 aliphatic carbocycles. The molecule has 2 fully saturated rings. The molecule has 1 saturated carbocycles. The van der Waals surface area contributed by atoms with Gasteiger partial charge in [0, 0.05) is 43.6 Å². The monoisotopic (exact) mass is 496 g/mol. The fourth-order valence-corrected chi connectivity index (χ4v) is 4.95. The SMILES string of the molecule is CSc1nnc(CCCN=C(N)N2CCSCC2)n1C1CCCC1.I. The van der Waals surface area contributed by atoms with Crippen molar-refractivity contribution in [3.8, 4) is 0 Å². The number of nitrogens with zero attached hydrogens (tertiary/aromatic N) is 5. The van der Waals surface area contributed by atoms with Crippen LogP contribution in [0.25, 0.3) is 0 Å². The van der Waals surface area contributed by atoms with Crippen molar-refractivity contribution < 1.29 is 0 Å². The van der Waals surface area contributed by atoms with Gasteiger partial charge in [0.25, 0.3) is 0 Å². The molecule has 2 N–H and O–H groups in total. The average molecular weight is 496 g/mol. The number of aromatic nitrogens is 3. The molecule has 0 bridgehead atoms. The van der Waals surface area contributed by atoms with Crippen molar-refractivity contribution in [1.82, 2.24) is 19.7 Å². The molecule has 6 nitrogen and oxygen atoms in total. The molecule has 0 aromatic carbocycles. The Bertz CT molecular complexity index is 553. The lowest BCUT2D eigenvalue weighted by molar-refractivity contribution is 0.453. The number of nitrogens with two attached hydrogens (primary N) is 1. The van der Waals surface area contributed by atoms with E-state index in [4.69, 9.17) is 5.73 Å². The van der Waals surface area contributed by atoms with E-state index in [2.05, 4.69) is 30.9 Å². The lowest BCUT2D eigenvalue weighted by Gasteiger charge is -2.27. The summed E-state index contributed by atoms with van der Waals surface area (Å²) in [6, 6.07) is 0.594. The van der Waals surface area contributed by atoms with Crippen LogP contribution in [0, 0.1) is 0 Å². The second kappa shape index (κ2) is 10.9. The summed E-state index contributed by atoms with van der Waals surface area (Å²) in [5.41, 5.74) is 6.11. The molecule has 1 aromatic rings. The Labute approximate surface area is 176 Å². The maximum Gasteiger partial charge on any atom is 0.191 e. The zero-order chi connectivity index (χ0) is 16.8. The third kappa shape index (κ3) is 5.66. The number of thioether (sulfide) groups is 2. The van der Waals surface area contributed by atoms with Crippen molar-refractivity contribution in [2.75, 3.05) is 37.4 Å². The minimum atomic E-state index is 0. The zero-order valence-corrected chi connectivity index (χ0v) is 18.9. The van der Waals surface area contributed by atoms with Gasteiger partial charge in [-0.15, -0.1) is 34.2 Å². The summed E-state index contributed by atoms with van der Waals surface area (Å²) >= 11 is 3.69. The lowest BCUT2D eigenvalue weighted by Crippen LogP contribution is -2.42. The molecule has 0 atom stereocenters. The van der Waals surface area contributed by atoms with Crippen LogP contribution in [0.5, 0.6) is 0 Å². The van der Waals surface area contributed by atoms with E-state index in [9.17, 15) is 0 Å². The Morgan fingerprint density at radius 2 is 2.00 bits per heavy atom. The van der Waals surface area contributed by atoms with Crippen molar-refractivity contribution in [3.63, 3.8) is 0 Å². The molecule has 2 heterocycles. The fourth-order valence-electron chi connectivity index (χ4n) is 3.47. The first kappa shape index (κ1) is 21.1. The number of halogens is 1. The van der Waals surface area contributed by atoms with Gasteiger partial charge < -0.3 is 15.2 Å². The molecule has 0 spiro atoms. The van der Waals surface area contributed by atoms with Crippen molar-refractivity contribution in [1.29, 1.82) is 0 Å². The lowest BCUT2D eigenvalue weighted by atomic mass is 10.2. The fraction of sp³-hybridized carbons (Fsp3) is 0.812. The summed E-state index contributed by atoms with van der Waals surface area (Å²) in [6.45, 7) is 2.81. The molecule has 1 aromatic heterocycles. The molecule has 0 unspecified atom stereocenters. The molecule has 3 rings (SSSR count). The maximum absolute atomic E-state index is 6.11. The van der Waals surface area contributed by atoms with Crippen molar-refractivity contribution >= 4 is 53.5 Å². The first-order chi connectivity index (χ1) is 11.8. The maximum atomic E-state index is 6.11. The van der Waals surface area contributed by atoms with E-state index >= 15 is 0 Å². The first-order valence-corrected chi connectivity index (χ1v) is 11.3. The number of rotatable bonds is 6. The number of aliphatic imine (C=N–C) groups is 1. The van der Waals surface area contributed by atoms with Gasteiger partial charge in [-0.1, -0.05) is 24.6 Å². The van der Waals surface area contributed by atoms with Crippen LogP contribution in [0.4, 0.5) is 0 Å². The van der Waals surface area contributed by atoms with E-state index < -0.39 is 0 Å². The highest BCUT2D eigenvalue weighted by Crippen LogP contribution is 2.33. The normalized spacial score (nSPS) is 19.2. The summed E-state index contributed by atoms with van der Waals surface area (Å²) in [7, 11) is 0. The molecule has 9 heteroatoms. The second-order valence-electron chi connectivity index (χ2n) is 6.35. The highest BCUT2D eigenvalue weighted by molar-refractivity contribution is 14.0. The average Bonchev–Trinajstić information content (AvgIpc) is 3.28. The van der Waals surface area contributed by atoms with Crippen LogP contribution in [0.2, 0.25) is 0 Å². The quantitative estimate of drug-likeness (QED) is 0.215. The number of hydrogen-bond donors (Lipinski definition) is 1. The summed E-state index contributed by atoms with van der Waals surface area (Å²) < 4.78 is 2.38. The van der Waals surface area contributed by atoms with E-state index in [-0.39, 0.29) is 24.0 Å². The predicted molar refractivity (Wildman–Crippen MR) is 118 cm³/mol. The predicted octanol–water partition coefficient (Wildman–Crippen LogP) is 3.03. The molecule has 1 aliphatic heterocycles. The Hall–Kier alpha value is -0.160. The van der Waals surface area contributed by atoms with Crippen LogP contribution < -0.4 is 5.73 Å². The van der Waals surface area contributed by atoms with Crippen molar-refractivity contribution in [2.45, 2.75) is 49.7 Å². The number of hydrogen-bond acceptors (Lipinski definition) is 5.